The molecule has 25 heavy (non-hydrogen) atoms. The SMILES string of the molecule is CCCOC(C)(C)C(=O)Nc1ccc(OCc2ccccc2)c(C)c1. The lowest BCUT2D eigenvalue weighted by Crippen LogP contribution is -2.40. The first kappa shape index (κ1) is 19.0. The van der Waals surface area contributed by atoms with Crippen molar-refractivity contribution in [1.29, 1.82) is 0 Å². The third-order valence-corrected chi connectivity index (χ3v) is 3.88. The van der Waals surface area contributed by atoms with Gasteiger partial charge in [0, 0.05) is 12.3 Å². The Morgan fingerprint density at radius 1 is 1.12 bits per heavy atom. The Bertz CT molecular complexity index is 696. The third-order valence-electron chi connectivity index (χ3n) is 3.88. The van der Waals surface area contributed by atoms with Crippen LogP contribution in [-0.4, -0.2) is 18.1 Å². The Morgan fingerprint density at radius 3 is 2.48 bits per heavy atom. The maximum Gasteiger partial charge on any atom is 0.256 e. The second-order valence-electron chi connectivity index (χ2n) is 6.57. The largest absolute Gasteiger partial charge is 0.489 e. The Balaban J connectivity index is 1.98. The number of aryl methyl sites for hydroxylation is 1. The molecule has 0 atom stereocenters. The highest BCUT2D eigenvalue weighted by atomic mass is 16.5. The van der Waals surface area contributed by atoms with E-state index in [1.807, 2.05) is 62.4 Å². The summed E-state index contributed by atoms with van der Waals surface area (Å²) in [6, 6.07) is 15.7. The van der Waals surface area contributed by atoms with Crippen molar-refractivity contribution in [3.63, 3.8) is 0 Å². The molecule has 0 radical (unpaired) electrons. The van der Waals surface area contributed by atoms with E-state index >= 15 is 0 Å². The van der Waals surface area contributed by atoms with E-state index in [1.54, 1.807) is 13.8 Å². The van der Waals surface area contributed by atoms with Crippen LogP contribution in [0, 0.1) is 6.92 Å². The molecule has 0 fully saturated rings. The minimum atomic E-state index is -0.855. The second kappa shape index (κ2) is 8.67. The molecule has 0 aliphatic carbocycles. The zero-order chi connectivity index (χ0) is 18.3. The van der Waals surface area contributed by atoms with Crippen molar-refractivity contribution in [1.82, 2.24) is 0 Å². The lowest BCUT2D eigenvalue weighted by Gasteiger charge is -2.24. The van der Waals surface area contributed by atoms with Gasteiger partial charge in [0.05, 0.1) is 0 Å². The summed E-state index contributed by atoms with van der Waals surface area (Å²) in [5.41, 5.74) is 1.98. The standard InChI is InChI=1S/C21H27NO3/c1-5-13-25-21(3,4)20(23)22-18-11-12-19(16(2)14-18)24-15-17-9-7-6-8-10-17/h6-12,14H,5,13,15H2,1-4H3,(H,22,23). The van der Waals surface area contributed by atoms with Gasteiger partial charge >= 0.3 is 0 Å². The molecular weight excluding hydrogens is 314 g/mol. The molecule has 1 amide bonds. The summed E-state index contributed by atoms with van der Waals surface area (Å²) in [6.45, 7) is 8.63. The molecule has 134 valence electrons. The Labute approximate surface area is 150 Å². The predicted octanol–water partition coefficient (Wildman–Crippen LogP) is 4.72. The molecule has 0 aromatic heterocycles. The lowest BCUT2D eigenvalue weighted by atomic mass is 10.1. The minimum Gasteiger partial charge on any atom is -0.489 e. The molecule has 4 heteroatoms. The average Bonchev–Trinajstić information content (AvgIpc) is 2.60. The van der Waals surface area contributed by atoms with E-state index < -0.39 is 5.60 Å². The highest BCUT2D eigenvalue weighted by Crippen LogP contribution is 2.24. The molecule has 0 saturated heterocycles. The van der Waals surface area contributed by atoms with Gasteiger partial charge in [0.25, 0.3) is 5.91 Å². The van der Waals surface area contributed by atoms with Gasteiger partial charge in [-0.05, 0) is 56.5 Å². The lowest BCUT2D eigenvalue weighted by molar-refractivity contribution is -0.137. The summed E-state index contributed by atoms with van der Waals surface area (Å²) in [4.78, 5) is 12.4. The van der Waals surface area contributed by atoms with Crippen LogP contribution in [0.4, 0.5) is 5.69 Å². The molecule has 0 aliphatic rings. The number of ether oxygens (including phenoxy) is 2. The maximum atomic E-state index is 12.4. The minimum absolute atomic E-state index is 0.154. The van der Waals surface area contributed by atoms with Gasteiger partial charge in [-0.25, -0.2) is 0 Å². The van der Waals surface area contributed by atoms with Crippen molar-refractivity contribution < 1.29 is 14.3 Å². The molecule has 0 spiro atoms. The molecular formula is C21H27NO3. The summed E-state index contributed by atoms with van der Waals surface area (Å²) in [7, 11) is 0. The van der Waals surface area contributed by atoms with Crippen LogP contribution in [0.2, 0.25) is 0 Å². The van der Waals surface area contributed by atoms with E-state index in [-0.39, 0.29) is 5.91 Å². The van der Waals surface area contributed by atoms with Gasteiger partial charge in [-0.15, -0.1) is 0 Å². The summed E-state index contributed by atoms with van der Waals surface area (Å²) < 4.78 is 11.5. The molecule has 2 rings (SSSR count). The smallest absolute Gasteiger partial charge is 0.256 e. The highest BCUT2D eigenvalue weighted by Gasteiger charge is 2.28. The first-order valence-corrected chi connectivity index (χ1v) is 8.65. The van der Waals surface area contributed by atoms with E-state index in [9.17, 15) is 4.79 Å². The Hall–Kier alpha value is -2.33. The van der Waals surface area contributed by atoms with Gasteiger partial charge in [-0.3, -0.25) is 4.79 Å². The third kappa shape index (κ3) is 5.61. The zero-order valence-electron chi connectivity index (χ0n) is 15.5. The quantitative estimate of drug-likeness (QED) is 0.756. The van der Waals surface area contributed by atoms with Crippen LogP contribution in [0.25, 0.3) is 0 Å². The molecule has 4 nitrogen and oxygen atoms in total. The van der Waals surface area contributed by atoms with Gasteiger partial charge in [-0.1, -0.05) is 37.3 Å². The topological polar surface area (TPSA) is 47.6 Å². The maximum absolute atomic E-state index is 12.4. The van der Waals surface area contributed by atoms with Crippen molar-refractivity contribution in [3.8, 4) is 5.75 Å². The van der Waals surface area contributed by atoms with Crippen molar-refractivity contribution in [3.05, 3.63) is 59.7 Å². The monoisotopic (exact) mass is 341 g/mol. The number of carbonyl (C=O) groups excluding carboxylic acids is 1. The fraction of sp³-hybridized carbons (Fsp3) is 0.381. The van der Waals surface area contributed by atoms with Crippen LogP contribution in [0.15, 0.2) is 48.5 Å². The number of benzene rings is 2. The van der Waals surface area contributed by atoms with Gasteiger partial charge in [0.2, 0.25) is 0 Å². The number of carbonyl (C=O) groups is 1. The predicted molar refractivity (Wildman–Crippen MR) is 101 cm³/mol. The molecule has 1 N–H and O–H groups in total. The van der Waals surface area contributed by atoms with Crippen LogP contribution < -0.4 is 10.1 Å². The molecule has 0 unspecified atom stereocenters. The molecule has 2 aromatic rings. The van der Waals surface area contributed by atoms with Gasteiger partial charge in [-0.2, -0.15) is 0 Å². The van der Waals surface area contributed by atoms with Crippen LogP contribution in [0.3, 0.4) is 0 Å². The normalized spacial score (nSPS) is 11.2. The van der Waals surface area contributed by atoms with Crippen molar-refractivity contribution in [2.45, 2.75) is 46.3 Å². The average molecular weight is 341 g/mol. The fourth-order valence-electron chi connectivity index (χ4n) is 2.33. The number of hydrogen-bond donors (Lipinski definition) is 1. The zero-order valence-corrected chi connectivity index (χ0v) is 15.5. The number of rotatable bonds is 8. The number of nitrogens with one attached hydrogen (secondary N) is 1. The summed E-state index contributed by atoms with van der Waals surface area (Å²) in [5.74, 6) is 0.654. The highest BCUT2D eigenvalue weighted by molar-refractivity contribution is 5.96. The molecule has 0 heterocycles. The van der Waals surface area contributed by atoms with E-state index in [4.69, 9.17) is 9.47 Å². The summed E-state index contributed by atoms with van der Waals surface area (Å²) in [5, 5.41) is 2.91. The summed E-state index contributed by atoms with van der Waals surface area (Å²) >= 11 is 0. The first-order chi connectivity index (χ1) is 11.9. The van der Waals surface area contributed by atoms with E-state index in [2.05, 4.69) is 5.32 Å². The van der Waals surface area contributed by atoms with Crippen molar-refractivity contribution in [2.75, 3.05) is 11.9 Å². The summed E-state index contributed by atoms with van der Waals surface area (Å²) in [6.07, 6.45) is 0.878. The molecule has 2 aromatic carbocycles. The van der Waals surface area contributed by atoms with Gasteiger partial charge in [0.1, 0.15) is 18.0 Å². The van der Waals surface area contributed by atoms with E-state index in [0.29, 0.717) is 13.2 Å². The van der Waals surface area contributed by atoms with Crippen LogP contribution in [0.5, 0.6) is 5.75 Å². The molecule has 0 bridgehead atoms. The first-order valence-electron chi connectivity index (χ1n) is 8.65. The number of amides is 1. The van der Waals surface area contributed by atoms with Crippen LogP contribution in [-0.2, 0) is 16.1 Å². The Kier molecular flexibility index (Phi) is 6.59. The molecule has 0 aliphatic heterocycles. The van der Waals surface area contributed by atoms with E-state index in [1.165, 1.54) is 0 Å². The second-order valence-corrected chi connectivity index (χ2v) is 6.57. The van der Waals surface area contributed by atoms with E-state index in [0.717, 1.165) is 29.0 Å². The van der Waals surface area contributed by atoms with Crippen LogP contribution in [0.1, 0.15) is 38.3 Å². The Morgan fingerprint density at radius 2 is 1.84 bits per heavy atom. The van der Waals surface area contributed by atoms with Crippen molar-refractivity contribution >= 4 is 11.6 Å². The molecule has 0 saturated carbocycles. The van der Waals surface area contributed by atoms with Gasteiger partial charge in [0.15, 0.2) is 0 Å². The fourth-order valence-corrected chi connectivity index (χ4v) is 2.33. The van der Waals surface area contributed by atoms with Crippen molar-refractivity contribution in [2.24, 2.45) is 0 Å². The van der Waals surface area contributed by atoms with Crippen LogP contribution >= 0.6 is 0 Å². The number of anilines is 1. The van der Waals surface area contributed by atoms with Gasteiger partial charge < -0.3 is 14.8 Å². The number of hydrogen-bond acceptors (Lipinski definition) is 3.